The van der Waals surface area contributed by atoms with Crippen molar-refractivity contribution < 1.29 is 0 Å². The molecule has 0 aliphatic carbocycles. The van der Waals surface area contributed by atoms with Gasteiger partial charge in [-0.15, -0.1) is 0 Å². The number of benzene rings is 2. The molecule has 0 N–H and O–H groups in total. The van der Waals surface area contributed by atoms with Crippen LogP contribution in [-0.4, -0.2) is 36.8 Å². The first-order valence-corrected chi connectivity index (χ1v) is 45.6. The zero-order chi connectivity index (χ0) is 38.3. The molecule has 4 aromatic heterocycles. The third-order valence-corrected chi connectivity index (χ3v) is 35.4. The van der Waals surface area contributed by atoms with Gasteiger partial charge in [0.05, 0.1) is 0 Å². The number of aryl methyl sites for hydroxylation is 2. The molecular formula is C48H72S4Sn2. The molecule has 296 valence electrons. The Balaban J connectivity index is 1.32. The fourth-order valence-corrected chi connectivity index (χ4v) is 23.9. The van der Waals surface area contributed by atoms with Crippen molar-refractivity contribution in [2.24, 2.45) is 0 Å². The van der Waals surface area contributed by atoms with Gasteiger partial charge in [0.1, 0.15) is 0 Å². The summed E-state index contributed by atoms with van der Waals surface area (Å²) in [6, 6.07) is 10.7. The number of hydrogen-bond acceptors (Lipinski definition) is 4. The van der Waals surface area contributed by atoms with Gasteiger partial charge < -0.3 is 0 Å². The number of hydrogen-bond donors (Lipinski definition) is 0. The SMILES string of the molecule is CCCCCCCCCCCCc1cc2c(s1)c1c[c]([Sn]([CH3])([CH3])[CH3])sc1c1c3cc(CCCCCCCCCCCC)sc3c3c[c]([Sn]([CH3])([CH3])[CH3])sc3c21. The van der Waals surface area contributed by atoms with Crippen molar-refractivity contribution in [3.05, 3.63) is 34.0 Å². The average molecular weight is 1010 g/mol. The first kappa shape index (κ1) is 43.7. The predicted molar refractivity (Wildman–Crippen MR) is 263 cm³/mol. The van der Waals surface area contributed by atoms with E-state index in [1.807, 2.05) is 0 Å². The Labute approximate surface area is 354 Å². The minimum absolute atomic E-state index is 1.25. The standard InChI is InChI=1S/C42H54S4.6CH3.2Sn/c1-3-5-7-9-11-13-15-17-19-21-23-31-29-35-37-38(41-33(25-27-43-41)39(35)45-31)36-30-32(46-40(36)34-26-28-44-42(34)37)24-22-20-18-16-14-12-10-8-6-4-2;;;;;;;;/h25-26,29-30H,3-24H2,1-2H3;6*1H3;;. The van der Waals surface area contributed by atoms with Gasteiger partial charge in [0.2, 0.25) is 0 Å². The van der Waals surface area contributed by atoms with Gasteiger partial charge >= 0.3 is 280 Å². The summed E-state index contributed by atoms with van der Waals surface area (Å²) >= 11 is 4.09. The number of fused-ring (bicyclic) bond motifs is 11. The van der Waals surface area contributed by atoms with Crippen molar-refractivity contribution in [1.82, 2.24) is 0 Å². The van der Waals surface area contributed by atoms with Crippen LogP contribution >= 0.6 is 45.3 Å². The zero-order valence-corrected chi connectivity index (χ0v) is 44.5. The zero-order valence-electron chi connectivity index (χ0n) is 35.5. The summed E-state index contributed by atoms with van der Waals surface area (Å²) < 4.78 is 9.88. The van der Waals surface area contributed by atoms with Crippen LogP contribution in [-0.2, 0) is 12.8 Å². The quantitative estimate of drug-likeness (QED) is 0.0419. The first-order chi connectivity index (χ1) is 26.0. The van der Waals surface area contributed by atoms with Crippen molar-refractivity contribution in [2.45, 2.75) is 185 Å². The molecule has 4 heterocycles. The molecule has 0 spiro atoms. The van der Waals surface area contributed by atoms with E-state index in [-0.39, 0.29) is 0 Å². The Bertz CT molecular complexity index is 1940. The van der Waals surface area contributed by atoms with Crippen LogP contribution in [0.4, 0.5) is 0 Å². The molecule has 0 fully saturated rings. The molecule has 6 heteroatoms. The Morgan fingerprint density at radius 3 is 0.981 bits per heavy atom. The maximum atomic E-state index is 2.69. The van der Waals surface area contributed by atoms with Gasteiger partial charge in [-0.25, -0.2) is 0 Å². The van der Waals surface area contributed by atoms with Crippen LogP contribution in [0.2, 0.25) is 29.6 Å². The maximum absolute atomic E-state index is 2.69. The van der Waals surface area contributed by atoms with E-state index in [1.165, 1.54) is 141 Å². The summed E-state index contributed by atoms with van der Waals surface area (Å²) in [7, 11) is 0. The van der Waals surface area contributed by atoms with Crippen LogP contribution in [0, 0.1) is 0 Å². The molecule has 54 heavy (non-hydrogen) atoms. The van der Waals surface area contributed by atoms with Gasteiger partial charge in [-0.3, -0.25) is 0 Å². The van der Waals surface area contributed by atoms with Gasteiger partial charge in [-0.1, -0.05) is 78.1 Å². The second kappa shape index (κ2) is 20.4. The van der Waals surface area contributed by atoms with Gasteiger partial charge in [-0.05, 0) is 0 Å². The topological polar surface area (TPSA) is 0 Å². The van der Waals surface area contributed by atoms with Crippen LogP contribution in [0.15, 0.2) is 24.3 Å². The summed E-state index contributed by atoms with van der Waals surface area (Å²) in [5.74, 6) is 0. The molecule has 0 aliphatic rings. The van der Waals surface area contributed by atoms with E-state index in [4.69, 9.17) is 0 Å². The number of rotatable bonds is 24. The van der Waals surface area contributed by atoms with E-state index < -0.39 is 36.8 Å². The molecule has 6 aromatic rings. The fourth-order valence-electron chi connectivity index (χ4n) is 8.45. The first-order valence-electron chi connectivity index (χ1n) is 22.3. The van der Waals surface area contributed by atoms with Crippen LogP contribution in [0.3, 0.4) is 0 Å². The molecule has 0 aliphatic heterocycles. The number of thiophene rings is 4. The summed E-state index contributed by atoms with van der Waals surface area (Å²) in [5.41, 5.74) is 0. The normalized spacial score (nSPS) is 13.0. The minimum atomic E-state index is -2.30. The van der Waals surface area contributed by atoms with Crippen LogP contribution in [0.5, 0.6) is 0 Å². The van der Waals surface area contributed by atoms with Crippen molar-refractivity contribution in [2.75, 3.05) is 0 Å². The van der Waals surface area contributed by atoms with E-state index in [0.717, 1.165) is 0 Å². The third-order valence-electron chi connectivity index (χ3n) is 11.8. The molecule has 0 radical (unpaired) electrons. The average Bonchev–Trinajstić information content (AvgIpc) is 3.93. The summed E-state index contributed by atoms with van der Waals surface area (Å²) in [4.78, 5) is 19.0. The molecule has 2 aromatic carbocycles. The second-order valence-electron chi connectivity index (χ2n) is 18.7. The van der Waals surface area contributed by atoms with Gasteiger partial charge in [0, 0.05) is 0 Å². The molecule has 0 bridgehead atoms. The van der Waals surface area contributed by atoms with Crippen molar-refractivity contribution in [1.29, 1.82) is 0 Å². The van der Waals surface area contributed by atoms with E-state index in [2.05, 4.69) is 113 Å². The van der Waals surface area contributed by atoms with Crippen LogP contribution in [0.1, 0.15) is 152 Å². The van der Waals surface area contributed by atoms with E-state index >= 15 is 0 Å². The molecule has 0 atom stereocenters. The summed E-state index contributed by atoms with van der Waals surface area (Å²) in [6.07, 6.45) is 30.7. The van der Waals surface area contributed by atoms with Gasteiger partial charge in [-0.2, -0.15) is 0 Å². The number of unbranched alkanes of at least 4 members (excludes halogenated alkanes) is 18. The molecular weight excluding hydrogens is 942 g/mol. The Kier molecular flexibility index (Phi) is 16.5. The molecule has 0 saturated heterocycles. The monoisotopic (exact) mass is 1020 g/mol. The van der Waals surface area contributed by atoms with Crippen LogP contribution < -0.4 is 5.79 Å². The molecule has 0 unspecified atom stereocenters. The molecule has 0 nitrogen and oxygen atoms in total. The van der Waals surface area contributed by atoms with Crippen molar-refractivity contribution in [3.8, 4) is 0 Å². The Morgan fingerprint density at radius 1 is 0.352 bits per heavy atom. The van der Waals surface area contributed by atoms with Crippen molar-refractivity contribution >= 4 is 139 Å². The van der Waals surface area contributed by atoms with Gasteiger partial charge in [0.25, 0.3) is 0 Å². The Morgan fingerprint density at radius 2 is 0.667 bits per heavy atom. The van der Waals surface area contributed by atoms with E-state index in [1.54, 1.807) is 66.7 Å². The van der Waals surface area contributed by atoms with E-state index in [9.17, 15) is 0 Å². The predicted octanol–water partition coefficient (Wildman–Crippen LogP) is 17.7. The van der Waals surface area contributed by atoms with Crippen LogP contribution in [0.25, 0.3) is 51.1 Å². The molecule has 0 saturated carbocycles. The van der Waals surface area contributed by atoms with Gasteiger partial charge in [0.15, 0.2) is 0 Å². The fraction of sp³-hybridized carbons (Fsp3) is 0.625. The second-order valence-corrected chi connectivity index (χ2v) is 53.9. The molecule has 0 amide bonds. The summed E-state index contributed by atoms with van der Waals surface area (Å²) in [5, 5.41) is 9.53. The van der Waals surface area contributed by atoms with Crippen molar-refractivity contribution in [3.63, 3.8) is 0 Å². The summed E-state index contributed by atoms with van der Waals surface area (Å²) in [6.45, 7) is 4.64. The Hall–Kier alpha value is 0.137. The van der Waals surface area contributed by atoms with E-state index in [0.29, 0.717) is 0 Å². The third kappa shape index (κ3) is 10.8. The molecule has 6 rings (SSSR count).